The lowest BCUT2D eigenvalue weighted by molar-refractivity contribution is 0.274. The van der Waals surface area contributed by atoms with E-state index in [4.69, 9.17) is 28.2 Å². The summed E-state index contributed by atoms with van der Waals surface area (Å²) in [5.41, 5.74) is 4.95. The molecule has 0 aliphatic carbocycles. The Morgan fingerprint density at radius 1 is 1.03 bits per heavy atom. The molecule has 4 nitrogen and oxygen atoms in total. The third-order valence-electron chi connectivity index (χ3n) is 6.10. The van der Waals surface area contributed by atoms with Crippen molar-refractivity contribution in [2.45, 2.75) is 25.4 Å². The normalized spacial score (nSPS) is 15.2. The predicted molar refractivity (Wildman–Crippen MR) is 131 cm³/mol. The molecule has 1 aliphatic heterocycles. The minimum absolute atomic E-state index is 0.253. The summed E-state index contributed by atoms with van der Waals surface area (Å²) in [6, 6.07) is 16.5. The maximum Gasteiger partial charge on any atom is 0.123 e. The Balaban J connectivity index is 1.49. The molecule has 5 rings (SSSR count). The van der Waals surface area contributed by atoms with E-state index in [9.17, 15) is 4.39 Å². The number of hydrogen-bond donors (Lipinski definition) is 0. The first-order valence-electron chi connectivity index (χ1n) is 10.9. The van der Waals surface area contributed by atoms with Gasteiger partial charge in [-0.05, 0) is 67.6 Å². The number of fused-ring (bicyclic) bond motifs is 1. The quantitative estimate of drug-likeness (QED) is 0.308. The van der Waals surface area contributed by atoms with Crippen LogP contribution in [0.4, 0.5) is 4.39 Å². The first kappa shape index (κ1) is 22.1. The Kier molecular flexibility index (Phi) is 6.19. The Labute approximate surface area is 202 Å². The molecule has 0 unspecified atom stereocenters. The first-order valence-corrected chi connectivity index (χ1v) is 11.6. The number of pyridine rings is 1. The van der Waals surface area contributed by atoms with Crippen molar-refractivity contribution < 1.29 is 4.39 Å². The predicted octanol–water partition coefficient (Wildman–Crippen LogP) is 6.68. The van der Waals surface area contributed by atoms with Crippen LogP contribution in [0.15, 0.2) is 67.0 Å². The van der Waals surface area contributed by atoms with Crippen molar-refractivity contribution in [3.8, 4) is 22.5 Å². The van der Waals surface area contributed by atoms with E-state index in [1.165, 1.54) is 12.1 Å². The summed E-state index contributed by atoms with van der Waals surface area (Å²) < 4.78 is 15.9. The second kappa shape index (κ2) is 9.26. The van der Waals surface area contributed by atoms with Gasteiger partial charge in [0.2, 0.25) is 0 Å². The molecule has 0 saturated heterocycles. The molecule has 168 valence electrons. The van der Waals surface area contributed by atoms with E-state index < -0.39 is 0 Å². The second-order valence-electron chi connectivity index (χ2n) is 8.46. The zero-order chi connectivity index (χ0) is 22.9. The molecular formula is C26H23Cl2FN4. The lowest BCUT2D eigenvalue weighted by Crippen LogP contribution is -2.26. The second-order valence-corrected chi connectivity index (χ2v) is 9.31. The highest BCUT2D eigenvalue weighted by atomic mass is 35.5. The molecule has 7 heteroatoms. The molecule has 1 atom stereocenters. The minimum atomic E-state index is -0.253. The fourth-order valence-electron chi connectivity index (χ4n) is 4.61. The van der Waals surface area contributed by atoms with Gasteiger partial charge in [-0.25, -0.2) is 9.37 Å². The van der Waals surface area contributed by atoms with Gasteiger partial charge in [0.15, 0.2) is 0 Å². The van der Waals surface area contributed by atoms with E-state index in [1.807, 2.05) is 24.3 Å². The molecule has 4 aromatic rings. The van der Waals surface area contributed by atoms with Crippen LogP contribution in [0.25, 0.3) is 22.5 Å². The van der Waals surface area contributed by atoms with Crippen molar-refractivity contribution in [3.05, 3.63) is 94.2 Å². The first-order chi connectivity index (χ1) is 16.0. The highest BCUT2D eigenvalue weighted by Crippen LogP contribution is 2.40. The highest BCUT2D eigenvalue weighted by Gasteiger charge is 2.30. The van der Waals surface area contributed by atoms with E-state index in [-0.39, 0.29) is 11.9 Å². The number of benzene rings is 2. The molecule has 0 spiro atoms. The molecule has 2 aromatic heterocycles. The SMILES string of the molecule is CN(Cc1ccc(Cl)cc1Cl)C[C@@H]1CCc2nc(-c3ccc(F)cc3)c(-c3ccncc3)n21. The maximum atomic E-state index is 13.6. The number of imidazole rings is 1. The maximum absolute atomic E-state index is 13.6. The van der Waals surface area contributed by atoms with Crippen molar-refractivity contribution in [1.29, 1.82) is 0 Å². The number of hydrogen-bond acceptors (Lipinski definition) is 3. The average Bonchev–Trinajstić information content (AvgIpc) is 3.37. The number of halogens is 3. The number of likely N-dealkylation sites (N-methyl/N-ethyl adjacent to an activating group) is 1. The van der Waals surface area contributed by atoms with Gasteiger partial charge in [-0.3, -0.25) is 4.98 Å². The number of aromatic nitrogens is 3. The van der Waals surface area contributed by atoms with E-state index in [1.54, 1.807) is 30.6 Å². The van der Waals surface area contributed by atoms with Gasteiger partial charge in [-0.1, -0.05) is 29.3 Å². The van der Waals surface area contributed by atoms with Gasteiger partial charge >= 0.3 is 0 Å². The van der Waals surface area contributed by atoms with Crippen molar-refractivity contribution in [2.75, 3.05) is 13.6 Å². The Morgan fingerprint density at radius 3 is 2.52 bits per heavy atom. The van der Waals surface area contributed by atoms with Gasteiger partial charge < -0.3 is 9.47 Å². The summed E-state index contributed by atoms with van der Waals surface area (Å²) >= 11 is 12.5. The van der Waals surface area contributed by atoms with Gasteiger partial charge in [0.05, 0.1) is 11.4 Å². The van der Waals surface area contributed by atoms with Crippen LogP contribution in [-0.2, 0) is 13.0 Å². The van der Waals surface area contributed by atoms with Crippen LogP contribution < -0.4 is 0 Å². The van der Waals surface area contributed by atoms with E-state index >= 15 is 0 Å². The Hall–Kier alpha value is -2.73. The van der Waals surface area contributed by atoms with Gasteiger partial charge in [0.1, 0.15) is 11.6 Å². The fourth-order valence-corrected chi connectivity index (χ4v) is 5.07. The van der Waals surface area contributed by atoms with Gasteiger partial charge in [0, 0.05) is 59.1 Å². The third kappa shape index (κ3) is 4.54. The van der Waals surface area contributed by atoms with Crippen molar-refractivity contribution in [3.63, 3.8) is 0 Å². The van der Waals surface area contributed by atoms with Gasteiger partial charge in [-0.2, -0.15) is 0 Å². The molecule has 0 amide bonds. The summed E-state index contributed by atoms with van der Waals surface area (Å²) in [7, 11) is 2.10. The molecule has 0 fully saturated rings. The molecule has 0 radical (unpaired) electrons. The average molecular weight is 481 g/mol. The van der Waals surface area contributed by atoms with Crippen LogP contribution in [0.5, 0.6) is 0 Å². The molecule has 0 saturated carbocycles. The summed E-state index contributed by atoms with van der Waals surface area (Å²) in [4.78, 5) is 11.5. The smallest absolute Gasteiger partial charge is 0.123 e. The van der Waals surface area contributed by atoms with E-state index in [0.717, 1.165) is 59.8 Å². The van der Waals surface area contributed by atoms with Crippen molar-refractivity contribution in [2.24, 2.45) is 0 Å². The zero-order valence-electron chi connectivity index (χ0n) is 18.2. The van der Waals surface area contributed by atoms with Crippen LogP contribution in [0.1, 0.15) is 23.9 Å². The van der Waals surface area contributed by atoms with Crippen molar-refractivity contribution in [1.82, 2.24) is 19.4 Å². The third-order valence-corrected chi connectivity index (χ3v) is 6.69. The van der Waals surface area contributed by atoms with Crippen LogP contribution >= 0.6 is 23.2 Å². The number of aryl methyl sites for hydroxylation is 1. The van der Waals surface area contributed by atoms with Gasteiger partial charge in [-0.15, -0.1) is 0 Å². The molecule has 1 aliphatic rings. The summed E-state index contributed by atoms with van der Waals surface area (Å²) in [6.07, 6.45) is 5.51. The van der Waals surface area contributed by atoms with E-state index in [0.29, 0.717) is 10.0 Å². The molecule has 0 bridgehead atoms. The largest absolute Gasteiger partial charge is 0.323 e. The molecule has 0 N–H and O–H groups in total. The molecular weight excluding hydrogens is 458 g/mol. The topological polar surface area (TPSA) is 34.0 Å². The van der Waals surface area contributed by atoms with Crippen LogP contribution in [-0.4, -0.2) is 33.0 Å². The minimum Gasteiger partial charge on any atom is -0.323 e. The standard InChI is InChI=1S/C26H23Cl2FN4/c1-32(15-19-2-5-20(27)14-23(19)28)16-22-8-9-24-31-25(17-3-6-21(29)7-4-17)26(33(22)24)18-10-12-30-13-11-18/h2-7,10-14,22H,8-9,15-16H2,1H3/t22-/m0/s1. The lowest BCUT2D eigenvalue weighted by Gasteiger charge is -2.24. The monoisotopic (exact) mass is 480 g/mol. The molecule has 2 aromatic carbocycles. The lowest BCUT2D eigenvalue weighted by atomic mass is 10.0. The summed E-state index contributed by atoms with van der Waals surface area (Å²) in [6.45, 7) is 1.58. The number of rotatable bonds is 6. The number of nitrogens with zero attached hydrogens (tertiary/aromatic N) is 4. The zero-order valence-corrected chi connectivity index (χ0v) is 19.7. The van der Waals surface area contributed by atoms with Crippen LogP contribution in [0.3, 0.4) is 0 Å². The molecule has 3 heterocycles. The van der Waals surface area contributed by atoms with Crippen molar-refractivity contribution >= 4 is 23.2 Å². The Bertz CT molecular complexity index is 1270. The van der Waals surface area contributed by atoms with E-state index in [2.05, 4.69) is 21.5 Å². The fraction of sp³-hybridized carbons (Fsp3) is 0.231. The molecule has 33 heavy (non-hydrogen) atoms. The van der Waals surface area contributed by atoms with Crippen LogP contribution in [0, 0.1) is 5.82 Å². The summed E-state index contributed by atoms with van der Waals surface area (Å²) in [5.74, 6) is 0.806. The summed E-state index contributed by atoms with van der Waals surface area (Å²) in [5, 5.41) is 1.32. The Morgan fingerprint density at radius 2 is 1.79 bits per heavy atom. The van der Waals surface area contributed by atoms with Crippen LogP contribution in [0.2, 0.25) is 10.0 Å². The van der Waals surface area contributed by atoms with Gasteiger partial charge in [0.25, 0.3) is 0 Å². The highest BCUT2D eigenvalue weighted by molar-refractivity contribution is 6.35.